The van der Waals surface area contributed by atoms with Crippen molar-refractivity contribution in [3.63, 3.8) is 0 Å². The van der Waals surface area contributed by atoms with Gasteiger partial charge in [-0.05, 0) is 67.9 Å². The van der Waals surface area contributed by atoms with Gasteiger partial charge in [0.05, 0.1) is 11.4 Å². The standard InChI is InChI=1S/C20H24ClFN4O2S/c21-18-12-16(22)6-5-15(18)13-29(27,28)25-17-7-9-26(10-8-17)20-11-14-3-1-2-4-19(14)23-24-20/h5-6,11-12,17,25H,1-4,7-10,13H2. The fourth-order valence-corrected chi connectivity index (χ4v) is 5.80. The number of halogens is 2. The molecule has 0 amide bonds. The predicted octanol–water partition coefficient (Wildman–Crippen LogP) is 3.24. The summed E-state index contributed by atoms with van der Waals surface area (Å²) in [7, 11) is -3.57. The fourth-order valence-electron chi connectivity index (χ4n) is 4.00. The molecule has 156 valence electrons. The van der Waals surface area contributed by atoms with Gasteiger partial charge in [-0.1, -0.05) is 17.7 Å². The molecule has 4 rings (SSSR count). The Bertz CT molecular complexity index is 994. The summed E-state index contributed by atoms with van der Waals surface area (Å²) in [5.41, 5.74) is 2.80. The Morgan fingerprint density at radius 2 is 1.90 bits per heavy atom. The zero-order valence-corrected chi connectivity index (χ0v) is 17.6. The lowest BCUT2D eigenvalue weighted by Crippen LogP contribution is -2.45. The molecule has 0 radical (unpaired) electrons. The van der Waals surface area contributed by atoms with Crippen LogP contribution in [0.2, 0.25) is 5.02 Å². The molecule has 2 heterocycles. The Balaban J connectivity index is 1.34. The van der Waals surface area contributed by atoms with Crippen molar-refractivity contribution in [1.29, 1.82) is 0 Å². The number of piperidine rings is 1. The van der Waals surface area contributed by atoms with Gasteiger partial charge in [-0.2, -0.15) is 5.10 Å². The molecule has 2 aliphatic rings. The fraction of sp³-hybridized carbons (Fsp3) is 0.500. The van der Waals surface area contributed by atoms with Crippen molar-refractivity contribution < 1.29 is 12.8 Å². The summed E-state index contributed by atoms with van der Waals surface area (Å²) < 4.78 is 41.0. The quantitative estimate of drug-likeness (QED) is 0.775. The van der Waals surface area contributed by atoms with Gasteiger partial charge in [0.1, 0.15) is 5.82 Å². The summed E-state index contributed by atoms with van der Waals surface area (Å²) in [5.74, 6) is 0.134. The van der Waals surface area contributed by atoms with Crippen molar-refractivity contribution in [3.8, 4) is 0 Å². The van der Waals surface area contributed by atoms with Gasteiger partial charge in [0.2, 0.25) is 10.0 Å². The minimum absolute atomic E-state index is 0.121. The van der Waals surface area contributed by atoms with E-state index < -0.39 is 15.8 Å². The molecule has 0 bridgehead atoms. The molecule has 2 aromatic rings. The maximum atomic E-state index is 13.2. The number of fused-ring (bicyclic) bond motifs is 1. The van der Waals surface area contributed by atoms with Crippen LogP contribution < -0.4 is 9.62 Å². The first-order valence-corrected chi connectivity index (χ1v) is 12.0. The summed E-state index contributed by atoms with van der Waals surface area (Å²) in [6, 6.07) is 5.76. The van der Waals surface area contributed by atoms with Crippen molar-refractivity contribution in [1.82, 2.24) is 14.9 Å². The lowest BCUT2D eigenvalue weighted by Gasteiger charge is -2.33. The van der Waals surface area contributed by atoms with Gasteiger partial charge in [-0.3, -0.25) is 0 Å². The molecular formula is C20H24ClFN4O2S. The molecule has 1 aromatic carbocycles. The zero-order valence-electron chi connectivity index (χ0n) is 16.1. The van der Waals surface area contributed by atoms with E-state index in [0.29, 0.717) is 18.4 Å². The number of sulfonamides is 1. The van der Waals surface area contributed by atoms with Gasteiger partial charge >= 0.3 is 0 Å². The number of rotatable bonds is 5. The SMILES string of the molecule is O=S(=O)(Cc1ccc(F)cc1Cl)NC1CCN(c2cc3c(nn2)CCCC3)CC1. The Labute approximate surface area is 175 Å². The second-order valence-corrected chi connectivity index (χ2v) is 9.92. The Morgan fingerprint density at radius 1 is 1.14 bits per heavy atom. The number of hydrogen-bond acceptors (Lipinski definition) is 5. The van der Waals surface area contributed by atoms with E-state index in [1.165, 1.54) is 30.5 Å². The predicted molar refractivity (Wildman–Crippen MR) is 111 cm³/mol. The molecule has 1 N–H and O–H groups in total. The highest BCUT2D eigenvalue weighted by Gasteiger charge is 2.25. The molecule has 1 aromatic heterocycles. The van der Waals surface area contributed by atoms with Crippen LogP contribution in [-0.2, 0) is 28.6 Å². The van der Waals surface area contributed by atoms with E-state index in [-0.39, 0.29) is 16.8 Å². The second-order valence-electron chi connectivity index (χ2n) is 7.76. The molecule has 1 aliphatic carbocycles. The summed E-state index contributed by atoms with van der Waals surface area (Å²) in [6.07, 6.45) is 5.81. The normalized spacial score (nSPS) is 17.9. The maximum Gasteiger partial charge on any atom is 0.216 e. The smallest absolute Gasteiger partial charge is 0.216 e. The number of aromatic nitrogens is 2. The molecule has 6 nitrogen and oxygen atoms in total. The average Bonchev–Trinajstić information content (AvgIpc) is 2.70. The number of anilines is 1. The topological polar surface area (TPSA) is 75.2 Å². The monoisotopic (exact) mass is 438 g/mol. The summed E-state index contributed by atoms with van der Waals surface area (Å²) in [5, 5.41) is 8.89. The molecule has 29 heavy (non-hydrogen) atoms. The number of nitrogens with zero attached hydrogens (tertiary/aromatic N) is 3. The second kappa shape index (κ2) is 8.53. The highest BCUT2D eigenvalue weighted by Crippen LogP contribution is 2.25. The van der Waals surface area contributed by atoms with Gasteiger partial charge in [0.15, 0.2) is 5.82 Å². The lowest BCUT2D eigenvalue weighted by molar-refractivity contribution is 0.457. The van der Waals surface area contributed by atoms with Crippen LogP contribution in [0.25, 0.3) is 0 Å². The molecule has 0 saturated carbocycles. The van der Waals surface area contributed by atoms with Crippen LogP contribution in [0.1, 0.15) is 42.5 Å². The van der Waals surface area contributed by atoms with Crippen molar-refractivity contribution in [2.24, 2.45) is 0 Å². The van der Waals surface area contributed by atoms with Crippen LogP contribution in [0.5, 0.6) is 0 Å². The Kier molecular flexibility index (Phi) is 6.03. The van der Waals surface area contributed by atoms with E-state index in [4.69, 9.17) is 11.6 Å². The molecule has 1 aliphatic heterocycles. The van der Waals surface area contributed by atoms with E-state index in [1.807, 2.05) is 0 Å². The van der Waals surface area contributed by atoms with E-state index in [2.05, 4.69) is 25.9 Å². The van der Waals surface area contributed by atoms with Crippen LogP contribution in [0.4, 0.5) is 10.2 Å². The van der Waals surface area contributed by atoms with Gasteiger partial charge < -0.3 is 4.90 Å². The Morgan fingerprint density at radius 3 is 2.66 bits per heavy atom. The number of aryl methyl sites for hydroxylation is 2. The van der Waals surface area contributed by atoms with Gasteiger partial charge in [0.25, 0.3) is 0 Å². The lowest BCUT2D eigenvalue weighted by atomic mass is 9.96. The minimum atomic E-state index is -3.57. The van der Waals surface area contributed by atoms with E-state index in [1.54, 1.807) is 0 Å². The summed E-state index contributed by atoms with van der Waals surface area (Å²) in [4.78, 5) is 2.17. The van der Waals surface area contributed by atoms with Gasteiger partial charge in [-0.25, -0.2) is 17.5 Å². The van der Waals surface area contributed by atoms with Crippen molar-refractivity contribution >= 4 is 27.4 Å². The van der Waals surface area contributed by atoms with E-state index in [0.717, 1.165) is 43.5 Å². The number of nitrogens with one attached hydrogen (secondary N) is 1. The average molecular weight is 439 g/mol. The van der Waals surface area contributed by atoms with Gasteiger partial charge in [0, 0.05) is 24.2 Å². The first kappa shape index (κ1) is 20.5. The highest BCUT2D eigenvalue weighted by molar-refractivity contribution is 7.88. The third-order valence-corrected chi connectivity index (χ3v) is 7.32. The first-order valence-electron chi connectivity index (χ1n) is 9.94. The van der Waals surface area contributed by atoms with Crippen LogP contribution in [0.3, 0.4) is 0 Å². The van der Waals surface area contributed by atoms with Crippen molar-refractivity contribution in [3.05, 3.63) is 51.9 Å². The molecule has 0 atom stereocenters. The van der Waals surface area contributed by atoms with Crippen LogP contribution >= 0.6 is 11.6 Å². The maximum absolute atomic E-state index is 13.2. The van der Waals surface area contributed by atoms with E-state index >= 15 is 0 Å². The van der Waals surface area contributed by atoms with Gasteiger partial charge in [-0.15, -0.1) is 5.10 Å². The first-order chi connectivity index (χ1) is 13.9. The zero-order chi connectivity index (χ0) is 20.4. The largest absolute Gasteiger partial charge is 0.355 e. The van der Waals surface area contributed by atoms with Crippen LogP contribution in [-0.4, -0.2) is 37.7 Å². The van der Waals surface area contributed by atoms with Crippen LogP contribution in [0.15, 0.2) is 24.3 Å². The third-order valence-electron chi connectivity index (χ3n) is 5.58. The summed E-state index contributed by atoms with van der Waals surface area (Å²) >= 11 is 5.96. The molecule has 0 spiro atoms. The summed E-state index contributed by atoms with van der Waals surface area (Å²) in [6.45, 7) is 1.44. The molecule has 0 unspecified atom stereocenters. The van der Waals surface area contributed by atoms with Crippen molar-refractivity contribution in [2.75, 3.05) is 18.0 Å². The molecular weight excluding hydrogens is 415 g/mol. The minimum Gasteiger partial charge on any atom is -0.355 e. The third kappa shape index (κ3) is 5.05. The molecule has 1 saturated heterocycles. The van der Waals surface area contributed by atoms with Crippen molar-refractivity contribution in [2.45, 2.75) is 50.3 Å². The molecule has 9 heteroatoms. The van der Waals surface area contributed by atoms with E-state index in [9.17, 15) is 12.8 Å². The molecule has 1 fully saturated rings. The number of benzene rings is 1. The number of hydrogen-bond donors (Lipinski definition) is 1. The Hall–Kier alpha value is -1.77. The highest BCUT2D eigenvalue weighted by atomic mass is 35.5. The van der Waals surface area contributed by atoms with Crippen LogP contribution in [0, 0.1) is 5.82 Å².